The summed E-state index contributed by atoms with van der Waals surface area (Å²) in [4.78, 5) is 0. The Hall–Kier alpha value is -0.770. The van der Waals surface area contributed by atoms with Crippen molar-refractivity contribution in [3.8, 4) is 5.75 Å². The molecule has 0 heterocycles. The molecule has 1 aromatic carbocycles. The second-order valence-electron chi connectivity index (χ2n) is 5.18. The van der Waals surface area contributed by atoms with Gasteiger partial charge in [-0.05, 0) is 29.7 Å². The Labute approximate surface area is 107 Å². The van der Waals surface area contributed by atoms with Gasteiger partial charge in [-0.2, -0.15) is 0 Å². The van der Waals surface area contributed by atoms with Crippen LogP contribution in [0.1, 0.15) is 20.8 Å². The Morgan fingerprint density at radius 1 is 1.18 bits per heavy atom. The molecule has 0 amide bonds. The summed E-state index contributed by atoms with van der Waals surface area (Å²) >= 11 is 5.76. The molecule has 0 aliphatic carbocycles. The topological polar surface area (TPSA) is 49.7 Å². The van der Waals surface area contributed by atoms with E-state index in [1.54, 1.807) is 24.3 Å². The highest BCUT2D eigenvalue weighted by molar-refractivity contribution is 6.30. The number of hydrogen-bond acceptors (Lipinski definition) is 3. The van der Waals surface area contributed by atoms with E-state index < -0.39 is 11.0 Å². The highest BCUT2D eigenvalue weighted by Gasteiger charge is 2.40. The minimum Gasteiger partial charge on any atom is -0.490 e. The fraction of sp³-hybridized carbons (Fsp3) is 0.538. The van der Waals surface area contributed by atoms with E-state index in [2.05, 4.69) is 0 Å². The summed E-state index contributed by atoms with van der Waals surface area (Å²) in [5, 5.41) is 20.2. The predicted molar refractivity (Wildman–Crippen MR) is 68.4 cm³/mol. The van der Waals surface area contributed by atoms with Crippen LogP contribution in [0.3, 0.4) is 0 Å². The summed E-state index contributed by atoms with van der Waals surface area (Å²) in [5.74, 6) is 0.616. The summed E-state index contributed by atoms with van der Waals surface area (Å²) in [6, 6.07) is 6.88. The molecule has 2 N–H and O–H groups in total. The molecule has 0 bridgehead atoms. The van der Waals surface area contributed by atoms with Crippen molar-refractivity contribution >= 4 is 11.6 Å². The van der Waals surface area contributed by atoms with Gasteiger partial charge in [-0.1, -0.05) is 32.4 Å². The first kappa shape index (κ1) is 14.3. The minimum atomic E-state index is -1.27. The zero-order chi connectivity index (χ0) is 13.1. The fourth-order valence-electron chi connectivity index (χ4n) is 1.23. The van der Waals surface area contributed by atoms with Crippen LogP contribution in [0.25, 0.3) is 0 Å². The van der Waals surface area contributed by atoms with Crippen LogP contribution >= 0.6 is 11.6 Å². The molecule has 4 heteroatoms. The smallest absolute Gasteiger partial charge is 0.126 e. The van der Waals surface area contributed by atoms with E-state index in [-0.39, 0.29) is 13.2 Å². The standard InChI is InChI=1S/C13H19ClO3/c1-12(2,3)13(16,8-15)9-17-11-6-4-10(14)5-7-11/h4-7,15-16H,8-9H2,1-3H3/t13-/m1/s1. The number of aliphatic hydroxyl groups is 2. The van der Waals surface area contributed by atoms with E-state index in [4.69, 9.17) is 16.3 Å². The van der Waals surface area contributed by atoms with Crippen molar-refractivity contribution in [3.63, 3.8) is 0 Å². The Kier molecular flexibility index (Phi) is 4.42. The van der Waals surface area contributed by atoms with Crippen LogP contribution in [0.2, 0.25) is 5.02 Å². The first-order valence-corrected chi connectivity index (χ1v) is 5.88. The van der Waals surface area contributed by atoms with Crippen molar-refractivity contribution in [2.75, 3.05) is 13.2 Å². The SMILES string of the molecule is CC(C)(C)[C@@](O)(CO)COc1ccc(Cl)cc1. The van der Waals surface area contributed by atoms with Gasteiger partial charge in [0.25, 0.3) is 0 Å². The number of benzene rings is 1. The monoisotopic (exact) mass is 258 g/mol. The van der Waals surface area contributed by atoms with Crippen molar-refractivity contribution in [1.82, 2.24) is 0 Å². The third kappa shape index (κ3) is 3.60. The third-order valence-corrected chi connectivity index (χ3v) is 3.20. The predicted octanol–water partition coefficient (Wildman–Crippen LogP) is 2.49. The molecule has 0 unspecified atom stereocenters. The Morgan fingerprint density at radius 3 is 2.12 bits per heavy atom. The normalized spacial score (nSPS) is 15.4. The van der Waals surface area contributed by atoms with Crippen LogP contribution < -0.4 is 4.74 Å². The van der Waals surface area contributed by atoms with E-state index in [1.165, 1.54) is 0 Å². The van der Waals surface area contributed by atoms with Crippen LogP contribution in [0.5, 0.6) is 5.75 Å². The molecule has 96 valence electrons. The lowest BCUT2D eigenvalue weighted by Gasteiger charge is -2.38. The minimum absolute atomic E-state index is 0.0363. The molecule has 0 spiro atoms. The maximum atomic E-state index is 10.3. The van der Waals surface area contributed by atoms with Crippen molar-refractivity contribution in [1.29, 1.82) is 0 Å². The molecule has 0 saturated carbocycles. The Bertz CT molecular complexity index is 356. The van der Waals surface area contributed by atoms with Gasteiger partial charge in [0, 0.05) is 5.02 Å². The van der Waals surface area contributed by atoms with Crippen LogP contribution in [-0.4, -0.2) is 29.0 Å². The quantitative estimate of drug-likeness (QED) is 0.872. The van der Waals surface area contributed by atoms with E-state index in [0.717, 1.165) is 0 Å². The molecule has 0 aliphatic heterocycles. The molecule has 1 rings (SSSR count). The molecule has 0 aromatic heterocycles. The molecule has 3 nitrogen and oxygen atoms in total. The molecule has 1 atom stereocenters. The summed E-state index contributed by atoms with van der Waals surface area (Å²) in [7, 11) is 0. The van der Waals surface area contributed by atoms with E-state index >= 15 is 0 Å². The zero-order valence-electron chi connectivity index (χ0n) is 10.4. The number of ether oxygens (including phenoxy) is 1. The van der Waals surface area contributed by atoms with Crippen LogP contribution in [0.15, 0.2) is 24.3 Å². The third-order valence-electron chi connectivity index (χ3n) is 2.95. The zero-order valence-corrected chi connectivity index (χ0v) is 11.2. The first-order chi connectivity index (χ1) is 7.78. The maximum absolute atomic E-state index is 10.3. The van der Waals surface area contributed by atoms with Gasteiger partial charge in [0.05, 0.1) is 6.61 Å². The summed E-state index contributed by atoms with van der Waals surface area (Å²) in [6.07, 6.45) is 0. The Morgan fingerprint density at radius 2 is 1.71 bits per heavy atom. The highest BCUT2D eigenvalue weighted by Crippen LogP contribution is 2.30. The second-order valence-corrected chi connectivity index (χ2v) is 5.62. The molecule has 0 fully saturated rings. The molecule has 0 saturated heterocycles. The number of halogens is 1. The number of hydrogen-bond donors (Lipinski definition) is 2. The van der Waals surface area contributed by atoms with Gasteiger partial charge in [-0.15, -0.1) is 0 Å². The van der Waals surface area contributed by atoms with Crippen molar-refractivity contribution in [3.05, 3.63) is 29.3 Å². The van der Waals surface area contributed by atoms with Gasteiger partial charge in [0.2, 0.25) is 0 Å². The van der Waals surface area contributed by atoms with E-state index in [0.29, 0.717) is 10.8 Å². The van der Waals surface area contributed by atoms with Gasteiger partial charge in [-0.25, -0.2) is 0 Å². The van der Waals surface area contributed by atoms with E-state index in [9.17, 15) is 10.2 Å². The van der Waals surface area contributed by atoms with Crippen LogP contribution in [0.4, 0.5) is 0 Å². The molecular weight excluding hydrogens is 240 g/mol. The largest absolute Gasteiger partial charge is 0.490 e. The molecule has 0 radical (unpaired) electrons. The lowest BCUT2D eigenvalue weighted by molar-refractivity contribution is -0.118. The second kappa shape index (κ2) is 5.25. The average molecular weight is 259 g/mol. The summed E-state index contributed by atoms with van der Waals surface area (Å²) in [5.41, 5.74) is -1.74. The molecule has 17 heavy (non-hydrogen) atoms. The average Bonchev–Trinajstić information content (AvgIpc) is 2.26. The first-order valence-electron chi connectivity index (χ1n) is 5.50. The fourth-order valence-corrected chi connectivity index (χ4v) is 1.36. The number of aliphatic hydroxyl groups excluding tert-OH is 1. The molecule has 0 aliphatic rings. The van der Waals surface area contributed by atoms with Crippen molar-refractivity contribution in [2.45, 2.75) is 26.4 Å². The lowest BCUT2D eigenvalue weighted by atomic mass is 9.77. The Balaban J connectivity index is 2.68. The van der Waals surface area contributed by atoms with Gasteiger partial charge in [0.1, 0.15) is 18.0 Å². The van der Waals surface area contributed by atoms with Gasteiger partial charge in [-0.3, -0.25) is 0 Å². The van der Waals surface area contributed by atoms with Gasteiger partial charge >= 0.3 is 0 Å². The summed E-state index contributed by atoms with van der Waals surface area (Å²) in [6.45, 7) is 5.26. The van der Waals surface area contributed by atoms with E-state index in [1.807, 2.05) is 20.8 Å². The summed E-state index contributed by atoms with van der Waals surface area (Å²) < 4.78 is 5.47. The van der Waals surface area contributed by atoms with Crippen LogP contribution in [0, 0.1) is 5.41 Å². The highest BCUT2D eigenvalue weighted by atomic mass is 35.5. The van der Waals surface area contributed by atoms with Gasteiger partial charge < -0.3 is 14.9 Å². The molecule has 1 aromatic rings. The van der Waals surface area contributed by atoms with Crippen molar-refractivity contribution < 1.29 is 14.9 Å². The molecular formula is C13H19ClO3. The lowest BCUT2D eigenvalue weighted by Crippen LogP contribution is -2.51. The number of rotatable bonds is 4. The maximum Gasteiger partial charge on any atom is 0.126 e. The van der Waals surface area contributed by atoms with Crippen molar-refractivity contribution in [2.24, 2.45) is 5.41 Å². The van der Waals surface area contributed by atoms with Gasteiger partial charge in [0.15, 0.2) is 0 Å². The van der Waals surface area contributed by atoms with Crippen LogP contribution in [-0.2, 0) is 0 Å².